The van der Waals surface area contributed by atoms with Crippen molar-refractivity contribution in [2.24, 2.45) is 0 Å². The molecule has 1 atom stereocenters. The molecule has 0 saturated carbocycles. The number of rotatable bonds is 5. The Bertz CT molecular complexity index is 845. The Morgan fingerprint density at radius 1 is 1.29 bits per heavy atom. The van der Waals surface area contributed by atoms with Crippen LogP contribution in [-0.2, 0) is 4.79 Å². The van der Waals surface area contributed by atoms with Gasteiger partial charge in [0.05, 0.1) is 16.3 Å². The van der Waals surface area contributed by atoms with Crippen LogP contribution in [0.15, 0.2) is 47.6 Å². The highest BCUT2D eigenvalue weighted by Crippen LogP contribution is 2.28. The van der Waals surface area contributed by atoms with E-state index >= 15 is 0 Å². The number of nitrogens with one attached hydrogen (secondary N) is 2. The highest BCUT2D eigenvalue weighted by atomic mass is 35.5. The van der Waals surface area contributed by atoms with Gasteiger partial charge in [0.15, 0.2) is 5.16 Å². The van der Waals surface area contributed by atoms with Crippen LogP contribution >= 0.6 is 23.4 Å². The van der Waals surface area contributed by atoms with E-state index in [1.165, 1.54) is 11.8 Å². The lowest BCUT2D eigenvalue weighted by atomic mass is 10.2. The molecule has 0 bridgehead atoms. The topological polar surface area (TPSA) is 57.8 Å². The molecule has 0 radical (unpaired) electrons. The summed E-state index contributed by atoms with van der Waals surface area (Å²) in [5.41, 5.74) is 3.49. The first-order valence-electron chi connectivity index (χ1n) is 7.76. The summed E-state index contributed by atoms with van der Waals surface area (Å²) in [4.78, 5) is 20.4. The Morgan fingerprint density at radius 2 is 2.08 bits per heavy atom. The molecule has 2 N–H and O–H groups in total. The SMILES string of the molecule is CCC(Sc1nc2ccccc2[nH]1)C(=O)Nc1cccc(Cl)c1C. The number of carbonyl (C=O) groups is 1. The lowest BCUT2D eigenvalue weighted by Crippen LogP contribution is -2.25. The summed E-state index contributed by atoms with van der Waals surface area (Å²) < 4.78 is 0. The molecule has 6 heteroatoms. The molecule has 0 aliphatic carbocycles. The largest absolute Gasteiger partial charge is 0.333 e. The molecule has 0 fully saturated rings. The van der Waals surface area contributed by atoms with Crippen LogP contribution < -0.4 is 5.32 Å². The van der Waals surface area contributed by atoms with Gasteiger partial charge in [-0.25, -0.2) is 4.98 Å². The highest BCUT2D eigenvalue weighted by molar-refractivity contribution is 8.00. The molecule has 24 heavy (non-hydrogen) atoms. The Labute approximate surface area is 150 Å². The molecule has 0 saturated heterocycles. The molecule has 2 aromatic carbocycles. The Balaban J connectivity index is 1.75. The van der Waals surface area contributed by atoms with Gasteiger partial charge in [0, 0.05) is 10.7 Å². The summed E-state index contributed by atoms with van der Waals surface area (Å²) in [6.45, 7) is 3.88. The van der Waals surface area contributed by atoms with Gasteiger partial charge in [-0.05, 0) is 43.2 Å². The second-order valence-corrected chi connectivity index (χ2v) is 7.07. The van der Waals surface area contributed by atoms with E-state index < -0.39 is 0 Å². The van der Waals surface area contributed by atoms with Crippen LogP contribution in [0.3, 0.4) is 0 Å². The lowest BCUT2D eigenvalue weighted by Gasteiger charge is -2.15. The average Bonchev–Trinajstić information content (AvgIpc) is 2.99. The first kappa shape index (κ1) is 16.9. The first-order valence-corrected chi connectivity index (χ1v) is 9.01. The summed E-state index contributed by atoms with van der Waals surface area (Å²) in [6.07, 6.45) is 0.702. The monoisotopic (exact) mass is 359 g/mol. The van der Waals surface area contributed by atoms with Crippen LogP contribution in [0.2, 0.25) is 5.02 Å². The number of thioether (sulfide) groups is 1. The molecule has 4 nitrogen and oxygen atoms in total. The number of imidazole rings is 1. The zero-order valence-electron chi connectivity index (χ0n) is 13.5. The van der Waals surface area contributed by atoms with E-state index in [0.29, 0.717) is 11.4 Å². The standard InChI is InChI=1S/C18H18ClN3OS/c1-3-16(17(23)20-13-10-6-7-12(19)11(13)2)24-18-21-14-8-4-5-9-15(14)22-18/h4-10,16H,3H2,1-2H3,(H,20,23)(H,21,22). The van der Waals surface area contributed by atoms with Crippen LogP contribution in [0.1, 0.15) is 18.9 Å². The van der Waals surface area contributed by atoms with Crippen LogP contribution in [0.5, 0.6) is 0 Å². The van der Waals surface area contributed by atoms with Crippen molar-refractivity contribution >= 4 is 46.0 Å². The molecule has 0 aliphatic rings. The molecule has 3 aromatic rings. The van der Waals surface area contributed by atoms with Crippen molar-refractivity contribution in [3.63, 3.8) is 0 Å². The zero-order chi connectivity index (χ0) is 17.1. The normalized spacial score (nSPS) is 12.3. The van der Waals surface area contributed by atoms with Crippen molar-refractivity contribution in [2.45, 2.75) is 30.7 Å². The summed E-state index contributed by atoms with van der Waals surface area (Å²) in [7, 11) is 0. The van der Waals surface area contributed by atoms with Gasteiger partial charge in [-0.3, -0.25) is 4.79 Å². The number of benzene rings is 2. The molecule has 124 valence electrons. The van der Waals surface area contributed by atoms with Crippen LogP contribution in [0.25, 0.3) is 11.0 Å². The number of amides is 1. The predicted octanol–water partition coefficient (Wildman–Crippen LogP) is 5.03. The minimum Gasteiger partial charge on any atom is -0.333 e. The number of carbonyl (C=O) groups excluding carboxylic acids is 1. The van der Waals surface area contributed by atoms with E-state index in [4.69, 9.17) is 11.6 Å². The maximum atomic E-state index is 12.6. The number of aromatic amines is 1. The second kappa shape index (κ2) is 7.28. The van der Waals surface area contributed by atoms with Crippen LogP contribution in [-0.4, -0.2) is 21.1 Å². The minimum absolute atomic E-state index is 0.0478. The van der Waals surface area contributed by atoms with Gasteiger partial charge in [0.2, 0.25) is 5.91 Å². The van der Waals surface area contributed by atoms with E-state index in [0.717, 1.165) is 27.4 Å². The van der Waals surface area contributed by atoms with E-state index in [-0.39, 0.29) is 11.2 Å². The molecule has 1 amide bonds. The number of halogens is 1. The van der Waals surface area contributed by atoms with Gasteiger partial charge in [0.25, 0.3) is 0 Å². The quantitative estimate of drug-likeness (QED) is 0.628. The fraction of sp³-hybridized carbons (Fsp3) is 0.222. The number of H-pyrrole nitrogens is 1. The Morgan fingerprint density at radius 3 is 2.83 bits per heavy atom. The maximum Gasteiger partial charge on any atom is 0.237 e. The van der Waals surface area contributed by atoms with Crippen molar-refractivity contribution in [3.05, 3.63) is 53.1 Å². The number of hydrogen-bond donors (Lipinski definition) is 2. The van der Waals surface area contributed by atoms with Gasteiger partial charge in [0.1, 0.15) is 0 Å². The van der Waals surface area contributed by atoms with E-state index in [2.05, 4.69) is 15.3 Å². The van der Waals surface area contributed by atoms with Gasteiger partial charge in [-0.2, -0.15) is 0 Å². The Kier molecular flexibility index (Phi) is 5.11. The van der Waals surface area contributed by atoms with Crippen molar-refractivity contribution in [3.8, 4) is 0 Å². The van der Waals surface area contributed by atoms with Gasteiger partial charge < -0.3 is 10.3 Å². The van der Waals surface area contributed by atoms with Gasteiger partial charge >= 0.3 is 0 Å². The summed E-state index contributed by atoms with van der Waals surface area (Å²) in [5, 5.41) is 4.13. The van der Waals surface area contributed by atoms with E-state index in [1.807, 2.05) is 56.3 Å². The molecule has 1 unspecified atom stereocenters. The van der Waals surface area contributed by atoms with Crippen molar-refractivity contribution in [2.75, 3.05) is 5.32 Å². The van der Waals surface area contributed by atoms with Gasteiger partial charge in [-0.1, -0.05) is 48.5 Å². The number of nitrogens with zero attached hydrogens (tertiary/aromatic N) is 1. The fourth-order valence-corrected chi connectivity index (χ4v) is 3.49. The average molecular weight is 360 g/mol. The third-order valence-corrected chi connectivity index (χ3v) is 5.47. The van der Waals surface area contributed by atoms with Gasteiger partial charge in [-0.15, -0.1) is 0 Å². The fourth-order valence-electron chi connectivity index (χ4n) is 2.40. The number of aromatic nitrogens is 2. The maximum absolute atomic E-state index is 12.6. The van der Waals surface area contributed by atoms with Crippen molar-refractivity contribution in [1.29, 1.82) is 0 Å². The third-order valence-electron chi connectivity index (χ3n) is 3.81. The molecular formula is C18H18ClN3OS. The summed E-state index contributed by atoms with van der Waals surface area (Å²) in [6, 6.07) is 13.3. The van der Waals surface area contributed by atoms with Crippen LogP contribution in [0.4, 0.5) is 5.69 Å². The zero-order valence-corrected chi connectivity index (χ0v) is 15.0. The summed E-state index contributed by atoms with van der Waals surface area (Å²) in [5.74, 6) is -0.0478. The molecule has 1 heterocycles. The van der Waals surface area contributed by atoms with E-state index in [1.54, 1.807) is 0 Å². The molecular weight excluding hydrogens is 342 g/mol. The highest BCUT2D eigenvalue weighted by Gasteiger charge is 2.20. The molecule has 0 spiro atoms. The molecule has 1 aromatic heterocycles. The lowest BCUT2D eigenvalue weighted by molar-refractivity contribution is -0.115. The van der Waals surface area contributed by atoms with Crippen molar-refractivity contribution < 1.29 is 4.79 Å². The molecule has 0 aliphatic heterocycles. The van der Waals surface area contributed by atoms with Crippen molar-refractivity contribution in [1.82, 2.24) is 9.97 Å². The second-order valence-electron chi connectivity index (χ2n) is 5.48. The predicted molar refractivity (Wildman–Crippen MR) is 101 cm³/mol. The van der Waals surface area contributed by atoms with Crippen LogP contribution in [0, 0.1) is 6.92 Å². The smallest absolute Gasteiger partial charge is 0.237 e. The third kappa shape index (κ3) is 3.57. The number of fused-ring (bicyclic) bond motifs is 1. The summed E-state index contributed by atoms with van der Waals surface area (Å²) >= 11 is 7.55. The number of para-hydroxylation sites is 2. The minimum atomic E-state index is -0.232. The van der Waals surface area contributed by atoms with E-state index in [9.17, 15) is 4.79 Å². The first-order chi connectivity index (χ1) is 11.6. The molecule has 3 rings (SSSR count). The number of hydrogen-bond acceptors (Lipinski definition) is 3. The Hall–Kier alpha value is -1.98. The number of anilines is 1.